The van der Waals surface area contributed by atoms with Gasteiger partial charge in [-0.25, -0.2) is 4.98 Å². The van der Waals surface area contributed by atoms with Crippen LogP contribution in [0.5, 0.6) is 0 Å². The van der Waals surface area contributed by atoms with Crippen LogP contribution in [0.2, 0.25) is 0 Å². The highest BCUT2D eigenvalue weighted by atomic mass is 15.0. The van der Waals surface area contributed by atoms with Crippen LogP contribution in [0.1, 0.15) is 5.56 Å². The highest BCUT2D eigenvalue weighted by molar-refractivity contribution is 5.55. The first-order valence-electron chi connectivity index (χ1n) is 4.44. The molecule has 0 fully saturated rings. The lowest BCUT2D eigenvalue weighted by Crippen LogP contribution is -1.93. The molecule has 0 aliphatic carbocycles. The molecular formula is C11H11N3. The third kappa shape index (κ3) is 2.07. The van der Waals surface area contributed by atoms with E-state index in [1.165, 1.54) is 5.56 Å². The number of rotatable bonds is 2. The van der Waals surface area contributed by atoms with Gasteiger partial charge in [0.05, 0.1) is 0 Å². The fraction of sp³-hybridized carbons (Fsp3) is 0.0909. The van der Waals surface area contributed by atoms with Crippen molar-refractivity contribution in [1.82, 2.24) is 9.97 Å². The van der Waals surface area contributed by atoms with Crippen LogP contribution >= 0.6 is 0 Å². The Morgan fingerprint density at radius 1 is 1.07 bits per heavy atom. The maximum Gasteiger partial charge on any atom is 0.130 e. The molecule has 0 unspecified atom stereocenters. The number of nitrogens with zero attached hydrogens (tertiary/aromatic N) is 2. The van der Waals surface area contributed by atoms with Crippen LogP contribution < -0.4 is 5.32 Å². The Morgan fingerprint density at radius 3 is 2.57 bits per heavy atom. The molecule has 2 heterocycles. The maximum atomic E-state index is 4.20. The summed E-state index contributed by atoms with van der Waals surface area (Å²) in [6.45, 7) is 2.04. The molecule has 2 aromatic rings. The van der Waals surface area contributed by atoms with E-state index in [4.69, 9.17) is 0 Å². The second-order valence-electron chi connectivity index (χ2n) is 3.08. The maximum absolute atomic E-state index is 4.20. The molecule has 70 valence electrons. The van der Waals surface area contributed by atoms with Crippen LogP contribution in [0.4, 0.5) is 11.5 Å². The fourth-order valence-corrected chi connectivity index (χ4v) is 1.19. The monoisotopic (exact) mass is 185 g/mol. The van der Waals surface area contributed by atoms with Crippen molar-refractivity contribution in [3.8, 4) is 0 Å². The lowest BCUT2D eigenvalue weighted by Gasteiger charge is -2.04. The zero-order valence-corrected chi connectivity index (χ0v) is 7.94. The van der Waals surface area contributed by atoms with Crippen LogP contribution in [0.15, 0.2) is 42.9 Å². The molecule has 0 saturated carbocycles. The Labute approximate surface area is 82.8 Å². The van der Waals surface area contributed by atoms with E-state index in [1.54, 1.807) is 18.6 Å². The SMILES string of the molecule is Cc1ccnc(Nc2ccncc2)c1. The van der Waals surface area contributed by atoms with Crippen LogP contribution in [0, 0.1) is 6.92 Å². The number of aryl methyl sites for hydroxylation is 1. The van der Waals surface area contributed by atoms with Crippen molar-refractivity contribution in [3.05, 3.63) is 48.4 Å². The molecular weight excluding hydrogens is 174 g/mol. The molecule has 2 aromatic heterocycles. The summed E-state index contributed by atoms with van der Waals surface area (Å²) in [7, 11) is 0. The Morgan fingerprint density at radius 2 is 1.86 bits per heavy atom. The second kappa shape index (κ2) is 3.87. The molecule has 3 nitrogen and oxygen atoms in total. The van der Waals surface area contributed by atoms with Gasteiger partial charge in [0.25, 0.3) is 0 Å². The zero-order valence-electron chi connectivity index (χ0n) is 7.94. The van der Waals surface area contributed by atoms with Crippen molar-refractivity contribution in [3.63, 3.8) is 0 Å². The standard InChI is InChI=1S/C11H11N3/c1-9-2-7-13-11(8-9)14-10-3-5-12-6-4-10/h2-8H,1H3,(H,12,13,14). The Bertz CT molecular complexity index is 412. The second-order valence-corrected chi connectivity index (χ2v) is 3.08. The summed E-state index contributed by atoms with van der Waals surface area (Å²) in [5.74, 6) is 0.858. The van der Waals surface area contributed by atoms with Gasteiger partial charge in [0.15, 0.2) is 0 Å². The van der Waals surface area contributed by atoms with Gasteiger partial charge in [-0.05, 0) is 36.8 Å². The number of anilines is 2. The van der Waals surface area contributed by atoms with Gasteiger partial charge in [0, 0.05) is 24.3 Å². The molecule has 0 amide bonds. The van der Waals surface area contributed by atoms with Crippen molar-refractivity contribution in [1.29, 1.82) is 0 Å². The predicted octanol–water partition coefficient (Wildman–Crippen LogP) is 2.53. The number of pyridine rings is 2. The Hall–Kier alpha value is -1.90. The average molecular weight is 185 g/mol. The van der Waals surface area contributed by atoms with Crippen molar-refractivity contribution >= 4 is 11.5 Å². The number of aromatic nitrogens is 2. The summed E-state index contributed by atoms with van der Waals surface area (Å²) < 4.78 is 0. The summed E-state index contributed by atoms with van der Waals surface area (Å²) in [6, 6.07) is 7.78. The molecule has 0 spiro atoms. The van der Waals surface area contributed by atoms with E-state index < -0.39 is 0 Å². The van der Waals surface area contributed by atoms with Gasteiger partial charge in [0.2, 0.25) is 0 Å². The first-order chi connectivity index (χ1) is 6.84. The molecule has 3 heteroatoms. The largest absolute Gasteiger partial charge is 0.340 e. The van der Waals surface area contributed by atoms with E-state index in [9.17, 15) is 0 Å². The van der Waals surface area contributed by atoms with Crippen LogP contribution in [-0.2, 0) is 0 Å². The molecule has 0 bridgehead atoms. The van der Waals surface area contributed by atoms with E-state index in [0.717, 1.165) is 11.5 Å². The van der Waals surface area contributed by atoms with Crippen molar-refractivity contribution in [2.24, 2.45) is 0 Å². The summed E-state index contributed by atoms with van der Waals surface area (Å²) >= 11 is 0. The fourth-order valence-electron chi connectivity index (χ4n) is 1.19. The topological polar surface area (TPSA) is 37.8 Å². The lowest BCUT2D eigenvalue weighted by atomic mass is 10.3. The first kappa shape index (κ1) is 8.69. The molecule has 14 heavy (non-hydrogen) atoms. The van der Waals surface area contributed by atoms with Gasteiger partial charge in [-0.3, -0.25) is 4.98 Å². The van der Waals surface area contributed by atoms with Crippen molar-refractivity contribution < 1.29 is 0 Å². The zero-order chi connectivity index (χ0) is 9.80. The van der Waals surface area contributed by atoms with E-state index in [0.29, 0.717) is 0 Å². The minimum atomic E-state index is 0.858. The van der Waals surface area contributed by atoms with Gasteiger partial charge in [-0.2, -0.15) is 0 Å². The molecule has 0 aliphatic rings. The first-order valence-corrected chi connectivity index (χ1v) is 4.44. The summed E-state index contributed by atoms with van der Waals surface area (Å²) in [5, 5.41) is 3.19. The number of hydrogen-bond donors (Lipinski definition) is 1. The Kier molecular flexibility index (Phi) is 2.40. The average Bonchev–Trinajstić information content (AvgIpc) is 2.19. The molecule has 0 radical (unpaired) electrons. The minimum absolute atomic E-state index is 0.858. The van der Waals surface area contributed by atoms with E-state index in [-0.39, 0.29) is 0 Å². The quantitative estimate of drug-likeness (QED) is 0.781. The van der Waals surface area contributed by atoms with Gasteiger partial charge in [0.1, 0.15) is 5.82 Å². The Balaban J connectivity index is 2.19. The molecule has 0 saturated heterocycles. The molecule has 1 N–H and O–H groups in total. The van der Waals surface area contributed by atoms with E-state index in [2.05, 4.69) is 15.3 Å². The lowest BCUT2D eigenvalue weighted by molar-refractivity contribution is 1.26. The van der Waals surface area contributed by atoms with Crippen LogP contribution in [-0.4, -0.2) is 9.97 Å². The van der Waals surface area contributed by atoms with E-state index >= 15 is 0 Å². The van der Waals surface area contributed by atoms with Gasteiger partial charge in [-0.1, -0.05) is 0 Å². The van der Waals surface area contributed by atoms with Gasteiger partial charge in [-0.15, -0.1) is 0 Å². The van der Waals surface area contributed by atoms with Crippen molar-refractivity contribution in [2.75, 3.05) is 5.32 Å². The number of hydrogen-bond acceptors (Lipinski definition) is 3. The third-order valence-corrected chi connectivity index (χ3v) is 1.87. The third-order valence-electron chi connectivity index (χ3n) is 1.87. The molecule has 0 aromatic carbocycles. The van der Waals surface area contributed by atoms with Gasteiger partial charge < -0.3 is 5.32 Å². The highest BCUT2D eigenvalue weighted by Gasteiger charge is 1.94. The molecule has 2 rings (SSSR count). The normalized spacial score (nSPS) is 9.79. The highest BCUT2D eigenvalue weighted by Crippen LogP contribution is 2.13. The molecule has 0 aliphatic heterocycles. The summed E-state index contributed by atoms with van der Waals surface area (Å²) in [5.41, 5.74) is 2.19. The molecule has 0 atom stereocenters. The van der Waals surface area contributed by atoms with Crippen LogP contribution in [0.25, 0.3) is 0 Å². The number of nitrogens with one attached hydrogen (secondary N) is 1. The van der Waals surface area contributed by atoms with E-state index in [1.807, 2.05) is 31.2 Å². The predicted molar refractivity (Wildman–Crippen MR) is 56.5 cm³/mol. The minimum Gasteiger partial charge on any atom is -0.340 e. The summed E-state index contributed by atoms with van der Waals surface area (Å²) in [6.07, 6.45) is 5.29. The van der Waals surface area contributed by atoms with Gasteiger partial charge >= 0.3 is 0 Å². The summed E-state index contributed by atoms with van der Waals surface area (Å²) in [4.78, 5) is 8.15. The van der Waals surface area contributed by atoms with Crippen LogP contribution in [0.3, 0.4) is 0 Å². The van der Waals surface area contributed by atoms with Crippen molar-refractivity contribution in [2.45, 2.75) is 6.92 Å². The smallest absolute Gasteiger partial charge is 0.130 e.